The highest BCUT2D eigenvalue weighted by atomic mass is 35.5. The van der Waals surface area contributed by atoms with Crippen LogP contribution in [-0.2, 0) is 4.79 Å². The maximum Gasteiger partial charge on any atom is 0.319 e. The number of hydrogen-bond donors (Lipinski definition) is 3. The van der Waals surface area contributed by atoms with Gasteiger partial charge in [0.2, 0.25) is 5.91 Å². The highest BCUT2D eigenvalue weighted by molar-refractivity contribution is 7.22. The molecule has 0 spiro atoms. The number of nitrogens with zero attached hydrogens (tertiary/aromatic N) is 4. The summed E-state index contributed by atoms with van der Waals surface area (Å²) < 4.78 is 36.8. The van der Waals surface area contributed by atoms with Crippen molar-refractivity contribution in [2.45, 2.75) is 18.9 Å². The summed E-state index contributed by atoms with van der Waals surface area (Å²) in [4.78, 5) is 26.8. The van der Waals surface area contributed by atoms with E-state index in [1.54, 1.807) is 6.07 Å². The molecule has 1 atom stereocenters. The number of carbonyl (C=O) groups excluding carboxylic acids is 1. The van der Waals surface area contributed by atoms with Crippen LogP contribution < -0.4 is 21.1 Å². The molecule has 2 aromatic carbocycles. The normalized spacial score (nSPS) is 15.6. The van der Waals surface area contributed by atoms with E-state index in [0.29, 0.717) is 17.6 Å². The number of halogens is 3. The van der Waals surface area contributed by atoms with Gasteiger partial charge in [-0.2, -0.15) is 9.97 Å². The van der Waals surface area contributed by atoms with Gasteiger partial charge in [0.15, 0.2) is 10.9 Å². The maximum atomic E-state index is 16.3. The molecule has 0 bridgehead atoms. The molecule has 3 heterocycles. The number of nitrogen functional groups attached to an aromatic ring is 1. The third-order valence-corrected chi connectivity index (χ3v) is 7.81. The van der Waals surface area contributed by atoms with Gasteiger partial charge in [-0.05, 0) is 50.7 Å². The fraction of sp³-hybridized carbons (Fsp3) is 0.308. The van der Waals surface area contributed by atoms with Gasteiger partial charge in [-0.1, -0.05) is 29.5 Å². The Morgan fingerprint density at radius 2 is 2.13 bits per heavy atom. The predicted octanol–water partition coefficient (Wildman–Crippen LogP) is 4.61. The molecular weight excluding hydrogens is 548 g/mol. The summed E-state index contributed by atoms with van der Waals surface area (Å²) in [5.41, 5.74) is 6.32. The van der Waals surface area contributed by atoms with E-state index in [0.717, 1.165) is 30.7 Å². The number of thiazole rings is 1. The lowest BCUT2D eigenvalue weighted by Gasteiger charge is -2.19. The Kier molecular flexibility index (Phi) is 7.78. The Morgan fingerprint density at radius 3 is 2.87 bits per heavy atom. The highest BCUT2D eigenvalue weighted by Crippen LogP contribution is 2.42. The standard InChI is InChI=1S/C26H26ClF2N7O2S/c1-3-18(37)31-8-9-32-24-15-11-16(27)19(14-6-7-17(28)23-22(14)33-25(30)39-23)20(29)21(15)34-26(35-24)38-12-13-5-4-10-36(13)2/h3,6-7,11,13H,1,4-5,8-10,12H2,2H3,(H2,30,33)(H,31,37)(H,32,34,35)/t13-/m0/s1. The monoisotopic (exact) mass is 573 g/mol. The smallest absolute Gasteiger partial charge is 0.319 e. The second-order valence-corrected chi connectivity index (χ2v) is 10.6. The lowest BCUT2D eigenvalue weighted by Crippen LogP contribution is -2.31. The van der Waals surface area contributed by atoms with Gasteiger partial charge in [0.25, 0.3) is 0 Å². The number of nitrogens with two attached hydrogens (primary N) is 1. The van der Waals surface area contributed by atoms with Crippen molar-refractivity contribution in [2.75, 3.05) is 44.3 Å². The van der Waals surface area contributed by atoms with Crippen LogP contribution in [0.25, 0.3) is 32.2 Å². The van der Waals surface area contributed by atoms with Crippen LogP contribution in [0.2, 0.25) is 5.02 Å². The van der Waals surface area contributed by atoms with Gasteiger partial charge < -0.3 is 26.0 Å². The van der Waals surface area contributed by atoms with Crippen molar-refractivity contribution in [1.29, 1.82) is 0 Å². The molecule has 2 aromatic heterocycles. The number of likely N-dealkylation sites (N-methyl/N-ethyl adjacent to an activating group) is 1. The zero-order valence-electron chi connectivity index (χ0n) is 21.1. The van der Waals surface area contributed by atoms with Crippen LogP contribution >= 0.6 is 22.9 Å². The van der Waals surface area contributed by atoms with E-state index in [4.69, 9.17) is 22.1 Å². The minimum absolute atomic E-state index is 0.00486. The number of likely N-dealkylation sites (tertiary alicyclic amines) is 1. The average molecular weight is 574 g/mol. The molecule has 1 aliphatic heterocycles. The highest BCUT2D eigenvalue weighted by Gasteiger charge is 2.25. The second kappa shape index (κ2) is 11.2. The quantitative estimate of drug-likeness (QED) is 0.196. The van der Waals surface area contributed by atoms with E-state index in [-0.39, 0.29) is 68.3 Å². The molecule has 204 valence electrons. The first-order valence-electron chi connectivity index (χ1n) is 12.3. The van der Waals surface area contributed by atoms with Crippen LogP contribution in [0.5, 0.6) is 6.01 Å². The molecular formula is C26H26ClF2N7O2S. The fourth-order valence-corrected chi connectivity index (χ4v) is 5.67. The summed E-state index contributed by atoms with van der Waals surface area (Å²) in [7, 11) is 2.02. The second-order valence-electron chi connectivity index (χ2n) is 9.13. The van der Waals surface area contributed by atoms with Gasteiger partial charge in [0.1, 0.15) is 23.8 Å². The summed E-state index contributed by atoms with van der Waals surface area (Å²) in [6.07, 6.45) is 3.21. The van der Waals surface area contributed by atoms with Crippen molar-refractivity contribution in [2.24, 2.45) is 0 Å². The zero-order valence-corrected chi connectivity index (χ0v) is 22.6. The summed E-state index contributed by atoms with van der Waals surface area (Å²) in [6, 6.07) is 4.38. The molecule has 9 nitrogen and oxygen atoms in total. The molecule has 0 radical (unpaired) electrons. The molecule has 1 saturated heterocycles. The van der Waals surface area contributed by atoms with E-state index in [1.165, 1.54) is 18.2 Å². The third-order valence-electron chi connectivity index (χ3n) is 6.62. The van der Waals surface area contributed by atoms with Crippen LogP contribution in [-0.4, -0.2) is 65.1 Å². The van der Waals surface area contributed by atoms with E-state index in [9.17, 15) is 9.18 Å². The number of nitrogens with one attached hydrogen (secondary N) is 2. The molecule has 1 fully saturated rings. The zero-order chi connectivity index (χ0) is 27.7. The van der Waals surface area contributed by atoms with Crippen LogP contribution in [0.15, 0.2) is 30.9 Å². The maximum absolute atomic E-state index is 16.3. The Morgan fingerprint density at radius 1 is 1.31 bits per heavy atom. The van der Waals surface area contributed by atoms with Crippen molar-refractivity contribution in [3.8, 4) is 17.1 Å². The van der Waals surface area contributed by atoms with Crippen molar-refractivity contribution in [3.05, 3.63) is 47.5 Å². The molecule has 0 aliphatic carbocycles. The number of hydrogen-bond acceptors (Lipinski definition) is 9. The SMILES string of the molecule is C=CC(=O)NCCNc1nc(OC[C@@H]2CCCN2C)nc2c(F)c(-c3ccc(F)c4sc(N)nc34)c(Cl)cc12. The van der Waals surface area contributed by atoms with Crippen LogP contribution in [0.1, 0.15) is 12.8 Å². The van der Waals surface area contributed by atoms with Crippen LogP contribution in [0, 0.1) is 11.6 Å². The summed E-state index contributed by atoms with van der Waals surface area (Å²) in [6.45, 7) is 5.30. The van der Waals surface area contributed by atoms with Crippen LogP contribution in [0.4, 0.5) is 19.7 Å². The first-order chi connectivity index (χ1) is 18.8. The number of carbonyl (C=O) groups is 1. The number of rotatable bonds is 9. The van der Waals surface area contributed by atoms with E-state index in [1.807, 2.05) is 7.05 Å². The minimum Gasteiger partial charge on any atom is -0.462 e. The van der Waals surface area contributed by atoms with Crippen molar-refractivity contribution in [3.63, 3.8) is 0 Å². The molecule has 1 aliphatic rings. The molecule has 0 saturated carbocycles. The van der Waals surface area contributed by atoms with Crippen molar-refractivity contribution < 1.29 is 18.3 Å². The van der Waals surface area contributed by atoms with Crippen molar-refractivity contribution >= 4 is 60.9 Å². The Hall–Kier alpha value is -3.61. The van der Waals surface area contributed by atoms with Gasteiger partial charge in [-0.3, -0.25) is 4.79 Å². The Balaban J connectivity index is 1.58. The minimum atomic E-state index is -0.731. The topological polar surface area (TPSA) is 118 Å². The van der Waals surface area contributed by atoms with Gasteiger partial charge in [-0.25, -0.2) is 13.8 Å². The number of amides is 1. The summed E-state index contributed by atoms with van der Waals surface area (Å²) in [5.74, 6) is -1.27. The first kappa shape index (κ1) is 27.0. The van der Waals surface area contributed by atoms with Crippen molar-refractivity contribution in [1.82, 2.24) is 25.2 Å². The molecule has 4 N–H and O–H groups in total. The Bertz CT molecular complexity index is 1580. The number of ether oxygens (including phenoxy) is 1. The van der Waals surface area contributed by atoms with Gasteiger partial charge >= 0.3 is 6.01 Å². The number of aromatic nitrogens is 3. The summed E-state index contributed by atoms with van der Waals surface area (Å²) >= 11 is 7.58. The average Bonchev–Trinajstić information content (AvgIpc) is 3.52. The number of fused-ring (bicyclic) bond motifs is 2. The molecule has 13 heteroatoms. The lowest BCUT2D eigenvalue weighted by molar-refractivity contribution is -0.116. The largest absolute Gasteiger partial charge is 0.462 e. The predicted molar refractivity (Wildman–Crippen MR) is 150 cm³/mol. The lowest BCUT2D eigenvalue weighted by atomic mass is 10.0. The van der Waals surface area contributed by atoms with Gasteiger partial charge in [0, 0.05) is 35.6 Å². The van der Waals surface area contributed by atoms with Gasteiger partial charge in [0.05, 0.1) is 15.2 Å². The molecule has 1 amide bonds. The Labute approximate surface area is 232 Å². The van der Waals surface area contributed by atoms with E-state index in [2.05, 4.69) is 37.1 Å². The number of anilines is 2. The molecule has 39 heavy (non-hydrogen) atoms. The third kappa shape index (κ3) is 5.45. The molecule has 5 rings (SSSR count). The van der Waals surface area contributed by atoms with E-state index >= 15 is 4.39 Å². The first-order valence-corrected chi connectivity index (χ1v) is 13.5. The van der Waals surface area contributed by atoms with E-state index < -0.39 is 11.6 Å². The summed E-state index contributed by atoms with van der Waals surface area (Å²) in [5, 5.41) is 6.30. The van der Waals surface area contributed by atoms with Gasteiger partial charge in [-0.15, -0.1) is 0 Å². The fourth-order valence-electron chi connectivity index (χ4n) is 4.61. The van der Waals surface area contributed by atoms with Crippen LogP contribution in [0.3, 0.4) is 0 Å². The number of benzene rings is 2. The molecule has 4 aromatic rings. The molecule has 0 unspecified atom stereocenters.